The third kappa shape index (κ3) is 3.11. The zero-order chi connectivity index (χ0) is 9.14. The molecule has 3 atom stereocenters. The second kappa shape index (κ2) is 4.24. The summed E-state index contributed by atoms with van der Waals surface area (Å²) in [5.41, 5.74) is 5.77. The maximum Gasteiger partial charge on any atom is 0.0139 e. The summed E-state index contributed by atoms with van der Waals surface area (Å²) < 4.78 is 0. The van der Waals surface area contributed by atoms with Crippen LogP contribution in [0, 0.1) is 11.8 Å². The summed E-state index contributed by atoms with van der Waals surface area (Å²) in [5, 5.41) is 0. The van der Waals surface area contributed by atoms with Gasteiger partial charge in [0.25, 0.3) is 0 Å². The average molecular weight is 170 g/mol. The number of nitrogens with two attached hydrogens (primary N) is 1. The van der Waals surface area contributed by atoms with Crippen LogP contribution in [-0.2, 0) is 0 Å². The summed E-state index contributed by atoms with van der Waals surface area (Å²) in [4.78, 5) is 2.50. The lowest BCUT2D eigenvalue weighted by Gasteiger charge is -2.35. The number of hydrogen-bond acceptors (Lipinski definition) is 2. The van der Waals surface area contributed by atoms with Gasteiger partial charge in [0.15, 0.2) is 0 Å². The Bertz CT molecular complexity index is 121. The van der Waals surface area contributed by atoms with Crippen molar-refractivity contribution in [2.45, 2.75) is 33.2 Å². The smallest absolute Gasteiger partial charge is 0.0139 e. The molecule has 2 unspecified atom stereocenters. The summed E-state index contributed by atoms with van der Waals surface area (Å²) >= 11 is 0. The quantitative estimate of drug-likeness (QED) is 0.677. The fourth-order valence-electron chi connectivity index (χ4n) is 2.35. The lowest BCUT2D eigenvalue weighted by Crippen LogP contribution is -2.44. The van der Waals surface area contributed by atoms with Crippen molar-refractivity contribution in [1.82, 2.24) is 4.90 Å². The van der Waals surface area contributed by atoms with Crippen molar-refractivity contribution < 1.29 is 0 Å². The molecule has 1 heterocycles. The summed E-state index contributed by atoms with van der Waals surface area (Å²) in [5.74, 6) is 1.71. The van der Waals surface area contributed by atoms with Crippen molar-refractivity contribution in [2.24, 2.45) is 17.6 Å². The first-order valence-electron chi connectivity index (χ1n) is 5.06. The predicted molar refractivity (Wildman–Crippen MR) is 53.0 cm³/mol. The highest BCUT2D eigenvalue weighted by molar-refractivity contribution is 4.76. The van der Waals surface area contributed by atoms with Gasteiger partial charge < -0.3 is 10.6 Å². The maximum absolute atomic E-state index is 5.77. The third-order valence-corrected chi connectivity index (χ3v) is 2.49. The van der Waals surface area contributed by atoms with Crippen LogP contribution in [0.5, 0.6) is 0 Å². The van der Waals surface area contributed by atoms with Gasteiger partial charge in [0, 0.05) is 25.7 Å². The number of nitrogens with zero attached hydrogens (tertiary/aromatic N) is 1. The molecule has 1 saturated heterocycles. The number of piperidine rings is 1. The number of likely N-dealkylation sites (tertiary alicyclic amines) is 1. The second-order valence-electron chi connectivity index (χ2n) is 4.64. The molecule has 2 heteroatoms. The molecule has 2 N–H and O–H groups in total. The van der Waals surface area contributed by atoms with Crippen LogP contribution in [-0.4, -0.2) is 30.6 Å². The molecule has 1 fully saturated rings. The first-order chi connectivity index (χ1) is 5.58. The van der Waals surface area contributed by atoms with Gasteiger partial charge >= 0.3 is 0 Å². The largest absolute Gasteiger partial charge is 0.327 e. The van der Waals surface area contributed by atoms with E-state index in [0.29, 0.717) is 6.04 Å². The van der Waals surface area contributed by atoms with Gasteiger partial charge in [-0.25, -0.2) is 0 Å². The van der Waals surface area contributed by atoms with Crippen LogP contribution in [0.4, 0.5) is 0 Å². The molecule has 1 aliphatic rings. The van der Waals surface area contributed by atoms with Crippen molar-refractivity contribution in [2.75, 3.05) is 19.6 Å². The Balaban J connectivity index is 2.34. The molecule has 72 valence electrons. The molecule has 0 aromatic rings. The minimum absolute atomic E-state index is 0.322. The summed E-state index contributed by atoms with van der Waals surface area (Å²) in [6, 6.07) is 0.322. The normalized spacial score (nSPS) is 35.0. The number of hydrogen-bond donors (Lipinski definition) is 1. The third-order valence-electron chi connectivity index (χ3n) is 2.49. The van der Waals surface area contributed by atoms with E-state index in [9.17, 15) is 0 Å². The molecule has 1 rings (SSSR count). The van der Waals surface area contributed by atoms with Crippen molar-refractivity contribution in [3.8, 4) is 0 Å². The lowest BCUT2D eigenvalue weighted by atomic mass is 9.92. The Labute approximate surface area is 76.1 Å². The van der Waals surface area contributed by atoms with E-state index in [1.807, 2.05) is 0 Å². The topological polar surface area (TPSA) is 29.3 Å². The highest BCUT2D eigenvalue weighted by Crippen LogP contribution is 2.20. The van der Waals surface area contributed by atoms with Crippen LogP contribution < -0.4 is 5.73 Å². The second-order valence-corrected chi connectivity index (χ2v) is 4.64. The van der Waals surface area contributed by atoms with Crippen molar-refractivity contribution in [3.63, 3.8) is 0 Å². The molecule has 0 aromatic heterocycles. The maximum atomic E-state index is 5.77. The zero-order valence-electron chi connectivity index (χ0n) is 8.59. The molecule has 0 aromatic carbocycles. The highest BCUT2D eigenvalue weighted by atomic mass is 15.1. The van der Waals surface area contributed by atoms with Gasteiger partial charge in [0.1, 0.15) is 0 Å². The predicted octanol–water partition coefficient (Wildman–Crippen LogP) is 1.31. The zero-order valence-corrected chi connectivity index (χ0v) is 8.59. The van der Waals surface area contributed by atoms with Gasteiger partial charge in [-0.2, -0.15) is 0 Å². The molecule has 0 aliphatic carbocycles. The van der Waals surface area contributed by atoms with Crippen molar-refractivity contribution in [1.29, 1.82) is 0 Å². The Morgan fingerprint density at radius 2 is 1.83 bits per heavy atom. The van der Waals surface area contributed by atoms with Gasteiger partial charge in [0.05, 0.1) is 0 Å². The number of rotatable bonds is 2. The van der Waals surface area contributed by atoms with Crippen LogP contribution in [0.2, 0.25) is 0 Å². The summed E-state index contributed by atoms with van der Waals surface area (Å²) in [6.07, 6.45) is 1.38. The van der Waals surface area contributed by atoms with Gasteiger partial charge in [-0.1, -0.05) is 13.8 Å². The molecule has 12 heavy (non-hydrogen) atoms. The van der Waals surface area contributed by atoms with Gasteiger partial charge in [-0.05, 0) is 25.2 Å². The Hall–Kier alpha value is -0.0800. The Morgan fingerprint density at radius 1 is 1.33 bits per heavy atom. The summed E-state index contributed by atoms with van der Waals surface area (Å²) in [6.45, 7) is 10.3. The van der Waals surface area contributed by atoms with E-state index in [1.165, 1.54) is 19.5 Å². The molecule has 0 bridgehead atoms. The van der Waals surface area contributed by atoms with Crippen LogP contribution in [0.3, 0.4) is 0 Å². The monoisotopic (exact) mass is 170 g/mol. The van der Waals surface area contributed by atoms with Crippen LogP contribution in [0.1, 0.15) is 27.2 Å². The Morgan fingerprint density at radius 3 is 2.25 bits per heavy atom. The van der Waals surface area contributed by atoms with E-state index in [4.69, 9.17) is 5.73 Å². The van der Waals surface area contributed by atoms with Gasteiger partial charge in [-0.3, -0.25) is 0 Å². The van der Waals surface area contributed by atoms with E-state index >= 15 is 0 Å². The van der Waals surface area contributed by atoms with Gasteiger partial charge in [0.2, 0.25) is 0 Å². The van der Waals surface area contributed by atoms with Crippen molar-refractivity contribution in [3.05, 3.63) is 0 Å². The van der Waals surface area contributed by atoms with E-state index in [1.54, 1.807) is 0 Å². The summed E-state index contributed by atoms with van der Waals surface area (Å²) in [7, 11) is 0. The van der Waals surface area contributed by atoms with Crippen LogP contribution in [0.15, 0.2) is 0 Å². The first-order valence-corrected chi connectivity index (χ1v) is 5.06. The minimum Gasteiger partial charge on any atom is -0.327 e. The van der Waals surface area contributed by atoms with E-state index < -0.39 is 0 Å². The Kier molecular flexibility index (Phi) is 3.53. The van der Waals surface area contributed by atoms with E-state index in [0.717, 1.165) is 18.4 Å². The molecule has 0 radical (unpaired) electrons. The molecule has 1 aliphatic heterocycles. The molecule has 2 nitrogen and oxygen atoms in total. The molecule has 0 saturated carbocycles. The van der Waals surface area contributed by atoms with E-state index in [2.05, 4.69) is 25.7 Å². The van der Waals surface area contributed by atoms with Gasteiger partial charge in [-0.15, -0.1) is 0 Å². The highest BCUT2D eigenvalue weighted by Gasteiger charge is 2.21. The molecular weight excluding hydrogens is 148 g/mol. The standard InChI is InChI=1S/C10H22N2/c1-8-4-9(2)6-12(5-8)7-10(3)11/h8-10H,4-7,11H2,1-3H3/t8?,9?,10-/m0/s1. The van der Waals surface area contributed by atoms with Crippen molar-refractivity contribution >= 4 is 0 Å². The van der Waals surface area contributed by atoms with E-state index in [-0.39, 0.29) is 0 Å². The average Bonchev–Trinajstić information content (AvgIpc) is 1.81. The lowest BCUT2D eigenvalue weighted by molar-refractivity contribution is 0.136. The minimum atomic E-state index is 0.322. The molecule has 0 spiro atoms. The SMILES string of the molecule is CC1CC(C)CN(C[C@H](C)N)C1. The van der Waals surface area contributed by atoms with Crippen LogP contribution >= 0.6 is 0 Å². The van der Waals surface area contributed by atoms with Crippen LogP contribution in [0.25, 0.3) is 0 Å². The fourth-order valence-corrected chi connectivity index (χ4v) is 2.35. The molecule has 0 amide bonds. The fraction of sp³-hybridized carbons (Fsp3) is 1.00. The molecular formula is C10H22N2. The first kappa shape index (κ1) is 10.0.